The molecule has 0 aliphatic heterocycles. The zero-order chi connectivity index (χ0) is 55.1. The van der Waals surface area contributed by atoms with Crippen LogP contribution in [0.15, 0.2) is 175 Å². The molecule has 0 fully saturated rings. The Balaban J connectivity index is 0.000000249. The van der Waals surface area contributed by atoms with Crippen LogP contribution < -0.4 is 20.1 Å². The van der Waals surface area contributed by atoms with Crippen LogP contribution >= 0.6 is 34.3 Å². The number of thiazole rings is 2. The fourth-order valence-electron chi connectivity index (χ4n) is 8.67. The number of urea groups is 2. The molecule has 0 saturated carbocycles. The third-order valence-electron chi connectivity index (χ3n) is 12.4. The Morgan fingerprint density at radius 3 is 1.24 bits per heavy atom. The molecule has 0 spiro atoms. The molecule has 4 amide bonds. The van der Waals surface area contributed by atoms with Crippen molar-refractivity contribution < 1.29 is 26.4 Å². The number of sulfonamides is 2. The van der Waals surface area contributed by atoms with Crippen molar-refractivity contribution in [1.29, 1.82) is 0 Å². The quantitative estimate of drug-likeness (QED) is 0.0581. The van der Waals surface area contributed by atoms with Crippen LogP contribution in [-0.4, -0.2) is 86.4 Å². The van der Waals surface area contributed by atoms with Crippen molar-refractivity contribution >= 4 is 88.0 Å². The fourth-order valence-corrected chi connectivity index (χ4v) is 11.6. The first-order valence-corrected chi connectivity index (χ1v) is 30.8. The molecule has 0 aliphatic carbocycles. The molecule has 0 saturated heterocycles. The van der Waals surface area contributed by atoms with Crippen LogP contribution in [0, 0.1) is 0 Å². The van der Waals surface area contributed by atoms with E-state index in [4.69, 9.17) is 11.6 Å². The monoisotopic (exact) mass is 1150 g/mol. The summed E-state index contributed by atoms with van der Waals surface area (Å²) in [6, 6.07) is 54.7. The van der Waals surface area contributed by atoms with Crippen molar-refractivity contribution in [2.75, 3.05) is 45.7 Å². The number of aromatic nitrogens is 2. The van der Waals surface area contributed by atoms with Crippen molar-refractivity contribution in [2.45, 2.75) is 71.9 Å². The third kappa shape index (κ3) is 17.7. The summed E-state index contributed by atoms with van der Waals surface area (Å²) >= 11 is 9.01. The summed E-state index contributed by atoms with van der Waals surface area (Å²) in [6.45, 7) is 9.15. The van der Waals surface area contributed by atoms with Crippen molar-refractivity contribution in [3.63, 3.8) is 0 Å². The number of amides is 4. The highest BCUT2D eigenvalue weighted by Crippen LogP contribution is 2.37. The minimum atomic E-state index is -3.37. The van der Waals surface area contributed by atoms with Gasteiger partial charge in [0, 0.05) is 64.9 Å². The molecule has 78 heavy (non-hydrogen) atoms. The van der Waals surface area contributed by atoms with Gasteiger partial charge in [0.05, 0.1) is 18.2 Å². The summed E-state index contributed by atoms with van der Waals surface area (Å²) in [5, 5.41) is 8.66. The number of halogens is 1. The van der Waals surface area contributed by atoms with Crippen molar-refractivity contribution in [3.05, 3.63) is 202 Å². The number of nitrogens with one attached hydrogen (secondary N) is 4. The molecule has 0 atom stereocenters. The van der Waals surface area contributed by atoms with Gasteiger partial charge in [-0.3, -0.25) is 20.1 Å². The molecule has 8 rings (SSSR count). The average molecular weight is 1150 g/mol. The third-order valence-corrected chi connectivity index (χ3v) is 15.5. The SMILES string of the molecule is C.CC(C)N(CCC(c1ccccc1)c1ccccc1)C(=O)Nc1nc(-c2ccc(NS(C)(=O)=O)cc2)c(Cl)s1.CC(C)N(CCC(c1ccccc1)c1ccccc1)C(=O)Nc1nc(-c2ccc(NS(C)(=O)=O)cc2)cs1. The highest BCUT2D eigenvalue weighted by molar-refractivity contribution is 7.92. The largest absolute Gasteiger partial charge is 0.323 e. The number of nitrogens with zero attached hydrogens (tertiary/aromatic N) is 4. The van der Waals surface area contributed by atoms with Crippen molar-refractivity contribution in [1.82, 2.24) is 19.8 Å². The van der Waals surface area contributed by atoms with Gasteiger partial charge in [-0.05, 0) is 87.1 Å². The minimum Gasteiger partial charge on any atom is -0.322 e. The van der Waals surface area contributed by atoms with Crippen LogP contribution in [0.5, 0.6) is 0 Å². The maximum Gasteiger partial charge on any atom is 0.323 e. The Hall–Kier alpha value is -7.09. The summed E-state index contributed by atoms with van der Waals surface area (Å²) in [7, 11) is -6.71. The maximum absolute atomic E-state index is 13.3. The Kier molecular flexibility index (Phi) is 21.6. The number of carbonyl (C=O) groups is 2. The zero-order valence-electron chi connectivity index (χ0n) is 43.6. The molecule has 0 bridgehead atoms. The molecule has 410 valence electrons. The molecule has 2 aromatic heterocycles. The van der Waals surface area contributed by atoms with Crippen molar-refractivity contribution in [2.24, 2.45) is 0 Å². The summed E-state index contributed by atoms with van der Waals surface area (Å²) in [4.78, 5) is 39.4. The molecule has 4 N–H and O–H groups in total. The summed E-state index contributed by atoms with van der Waals surface area (Å²) in [5.41, 5.74) is 8.57. The van der Waals surface area contributed by atoms with E-state index in [1.165, 1.54) is 44.9 Å². The minimum absolute atomic E-state index is 0. The van der Waals surface area contributed by atoms with Gasteiger partial charge in [0.25, 0.3) is 0 Å². The topological polar surface area (TPSA) is 183 Å². The van der Waals surface area contributed by atoms with Crippen molar-refractivity contribution in [3.8, 4) is 22.5 Å². The number of carbonyl (C=O) groups excluding carboxylic acids is 2. The number of hydrogen-bond donors (Lipinski definition) is 4. The molecule has 0 unspecified atom stereocenters. The second kappa shape index (κ2) is 28.0. The fraction of sp³-hybridized carbons (Fsp3) is 0.254. The number of hydrogen-bond acceptors (Lipinski definition) is 10. The maximum atomic E-state index is 13.3. The Morgan fingerprint density at radius 1 is 0.526 bits per heavy atom. The lowest BCUT2D eigenvalue weighted by Crippen LogP contribution is -2.41. The second-order valence-corrected chi connectivity index (χ2v) is 24.8. The normalized spacial score (nSPS) is 11.4. The lowest BCUT2D eigenvalue weighted by atomic mass is 9.88. The molecular weight excluding hydrogens is 1080 g/mol. The molecule has 0 aliphatic rings. The smallest absolute Gasteiger partial charge is 0.322 e. The standard InChI is InChI=1S/C29H31ClN4O3S2.C29H32N4O3S2.CH4/c1-20(2)34(19-18-25(21-10-6-4-7-11-21)22-12-8-5-9-13-22)29(35)32-28-31-26(27(30)38-28)23-14-16-24(17-15-23)33-39(3,36)37;1-21(2)33(19-18-26(22-10-6-4-7-11-22)23-12-8-5-9-13-23)29(34)31-28-30-27(20-37-28)24-14-16-25(17-15-24)32-38(3,35)36;/h4-17,20,25,33H,18-19H2,1-3H3,(H,31,32,35);4-17,20-21,26,32H,18-19H2,1-3H3,(H,30,31,34);1H4. The van der Waals surface area contributed by atoms with E-state index in [0.717, 1.165) is 30.9 Å². The Labute approximate surface area is 473 Å². The van der Waals surface area contributed by atoms with Gasteiger partial charge in [0.15, 0.2) is 10.3 Å². The number of rotatable bonds is 20. The lowest BCUT2D eigenvalue weighted by Gasteiger charge is -2.29. The van der Waals surface area contributed by atoms with Gasteiger partial charge < -0.3 is 9.80 Å². The van der Waals surface area contributed by atoms with Crippen LogP contribution in [0.1, 0.15) is 82.1 Å². The highest BCUT2D eigenvalue weighted by atomic mass is 35.5. The van der Waals surface area contributed by atoms with Crippen LogP contribution in [0.2, 0.25) is 4.34 Å². The van der Waals surface area contributed by atoms with Gasteiger partial charge in [-0.1, -0.05) is 176 Å². The van der Waals surface area contributed by atoms with E-state index in [1.807, 2.05) is 111 Å². The molecular formula is C59H67ClN8O6S4. The summed E-state index contributed by atoms with van der Waals surface area (Å²) in [6.07, 6.45) is 3.76. The van der Waals surface area contributed by atoms with E-state index < -0.39 is 20.0 Å². The van der Waals surface area contributed by atoms with Crippen LogP contribution in [0.4, 0.5) is 31.2 Å². The predicted octanol–water partition coefficient (Wildman–Crippen LogP) is 14.6. The summed E-state index contributed by atoms with van der Waals surface area (Å²) < 4.78 is 51.1. The Bertz CT molecular complexity index is 3310. The zero-order valence-corrected chi connectivity index (χ0v) is 47.7. The Morgan fingerprint density at radius 2 is 0.885 bits per heavy atom. The first-order chi connectivity index (χ1) is 36.8. The van der Waals surface area contributed by atoms with Crippen LogP contribution in [0.25, 0.3) is 22.5 Å². The molecule has 0 radical (unpaired) electrons. The molecule has 19 heteroatoms. The lowest BCUT2D eigenvalue weighted by molar-refractivity contribution is 0.194. The molecule has 8 aromatic rings. The molecule has 6 aromatic carbocycles. The van der Waals surface area contributed by atoms with Gasteiger partial charge in [0.1, 0.15) is 10.0 Å². The van der Waals surface area contributed by atoms with Gasteiger partial charge in [0.2, 0.25) is 20.0 Å². The van der Waals surface area contributed by atoms with E-state index in [2.05, 4.69) is 78.6 Å². The van der Waals surface area contributed by atoms with E-state index in [1.54, 1.807) is 53.4 Å². The summed E-state index contributed by atoms with van der Waals surface area (Å²) in [5.74, 6) is 0.334. The van der Waals surface area contributed by atoms with Gasteiger partial charge in [-0.2, -0.15) is 0 Å². The van der Waals surface area contributed by atoms with Gasteiger partial charge >= 0.3 is 12.1 Å². The van der Waals surface area contributed by atoms with E-state index >= 15 is 0 Å². The van der Waals surface area contributed by atoms with Crippen LogP contribution in [-0.2, 0) is 20.0 Å². The highest BCUT2D eigenvalue weighted by Gasteiger charge is 2.25. The van der Waals surface area contributed by atoms with Gasteiger partial charge in [-0.25, -0.2) is 36.4 Å². The molecule has 2 heterocycles. The second-order valence-electron chi connectivity index (χ2n) is 18.8. The van der Waals surface area contributed by atoms with Crippen LogP contribution in [0.3, 0.4) is 0 Å². The first kappa shape index (κ1) is 60.1. The first-order valence-electron chi connectivity index (χ1n) is 24.9. The predicted molar refractivity (Wildman–Crippen MR) is 324 cm³/mol. The number of anilines is 4. The number of benzene rings is 6. The van der Waals surface area contributed by atoms with E-state index in [-0.39, 0.29) is 43.4 Å². The van der Waals surface area contributed by atoms with E-state index in [9.17, 15) is 26.4 Å². The van der Waals surface area contributed by atoms with Gasteiger partial charge in [-0.15, -0.1) is 11.3 Å². The molecule has 14 nitrogen and oxygen atoms in total. The van der Waals surface area contributed by atoms with E-state index in [0.29, 0.717) is 56.0 Å². The average Bonchev–Trinajstić information content (AvgIpc) is 4.07.